The van der Waals surface area contributed by atoms with Crippen LogP contribution < -0.4 is 4.74 Å². The van der Waals surface area contributed by atoms with Gasteiger partial charge in [-0.3, -0.25) is 4.90 Å². The molecular formula is C19H28N4O3S2. The highest BCUT2D eigenvalue weighted by Gasteiger charge is 2.32. The highest BCUT2D eigenvalue weighted by molar-refractivity contribution is 7.91. The van der Waals surface area contributed by atoms with Crippen molar-refractivity contribution in [3.63, 3.8) is 0 Å². The van der Waals surface area contributed by atoms with Gasteiger partial charge in [-0.2, -0.15) is 5.10 Å². The molecule has 28 heavy (non-hydrogen) atoms. The Kier molecular flexibility index (Phi) is 6.57. The Bertz CT molecular complexity index is 981. The molecule has 154 valence electrons. The van der Waals surface area contributed by atoms with Crippen molar-refractivity contribution in [2.45, 2.75) is 38.9 Å². The largest absolute Gasteiger partial charge is 0.497 e. The van der Waals surface area contributed by atoms with Crippen LogP contribution in [0.4, 0.5) is 0 Å². The van der Waals surface area contributed by atoms with Gasteiger partial charge in [0.2, 0.25) is 0 Å². The fourth-order valence-electron chi connectivity index (χ4n) is 3.56. The number of nitrogens with zero attached hydrogens (tertiary/aromatic N) is 4. The Labute approximate surface area is 171 Å². The summed E-state index contributed by atoms with van der Waals surface area (Å²) in [5.74, 6) is 2.01. The summed E-state index contributed by atoms with van der Waals surface area (Å²) in [5, 5.41) is 4.74. The van der Waals surface area contributed by atoms with Crippen molar-refractivity contribution in [1.29, 1.82) is 0 Å². The van der Waals surface area contributed by atoms with Gasteiger partial charge in [-0.15, -0.1) is 0 Å². The van der Waals surface area contributed by atoms with Crippen LogP contribution in [0.5, 0.6) is 5.75 Å². The number of hydrogen-bond acceptors (Lipinski definition) is 6. The third-order valence-corrected chi connectivity index (χ3v) is 7.44. The van der Waals surface area contributed by atoms with E-state index in [1.165, 1.54) is 0 Å². The van der Waals surface area contributed by atoms with E-state index in [0.717, 1.165) is 36.5 Å². The van der Waals surface area contributed by atoms with Crippen molar-refractivity contribution >= 4 is 22.1 Å². The number of benzene rings is 1. The summed E-state index contributed by atoms with van der Waals surface area (Å²) in [6.07, 6.45) is 2.74. The molecule has 0 bridgehead atoms. The SMILES string of the molecule is CCCCN(Cn1nc(-c2cccc(OC)c2)n(C)c1=S)C1CCS(=O)(=O)C1. The lowest BCUT2D eigenvalue weighted by atomic mass is 10.2. The zero-order valence-corrected chi connectivity index (χ0v) is 18.3. The standard InChI is InChI=1S/C19H28N4O3S2/c1-4-5-10-22(16-9-11-28(24,25)13-16)14-23-19(27)21(2)18(20-23)15-7-6-8-17(12-15)26-3/h6-8,12,16H,4-5,9-11,13-14H2,1-3H3. The molecule has 0 N–H and O–H groups in total. The van der Waals surface area contributed by atoms with Crippen molar-refractivity contribution in [3.8, 4) is 17.1 Å². The van der Waals surface area contributed by atoms with E-state index in [2.05, 4.69) is 11.8 Å². The number of sulfone groups is 1. The molecule has 0 aliphatic carbocycles. The Morgan fingerprint density at radius 3 is 2.82 bits per heavy atom. The monoisotopic (exact) mass is 424 g/mol. The lowest BCUT2D eigenvalue weighted by Crippen LogP contribution is -2.38. The molecule has 9 heteroatoms. The normalized spacial score (nSPS) is 18.6. The Morgan fingerprint density at radius 1 is 1.39 bits per heavy atom. The summed E-state index contributed by atoms with van der Waals surface area (Å²) in [6, 6.07) is 7.75. The van der Waals surface area contributed by atoms with Crippen LogP contribution >= 0.6 is 12.2 Å². The van der Waals surface area contributed by atoms with Crippen LogP contribution in [0.25, 0.3) is 11.4 Å². The summed E-state index contributed by atoms with van der Waals surface area (Å²) in [6.45, 7) is 3.47. The van der Waals surface area contributed by atoms with Gasteiger partial charge in [-0.1, -0.05) is 25.5 Å². The number of hydrogen-bond donors (Lipinski definition) is 0. The molecule has 0 spiro atoms. The van der Waals surface area contributed by atoms with Gasteiger partial charge < -0.3 is 9.30 Å². The summed E-state index contributed by atoms with van der Waals surface area (Å²) in [7, 11) is 0.598. The van der Waals surface area contributed by atoms with E-state index in [1.54, 1.807) is 11.8 Å². The first kappa shape index (κ1) is 21.0. The molecule has 0 amide bonds. The highest BCUT2D eigenvalue weighted by atomic mass is 32.2. The van der Waals surface area contributed by atoms with Gasteiger partial charge in [-0.25, -0.2) is 13.1 Å². The second kappa shape index (κ2) is 8.75. The van der Waals surface area contributed by atoms with Crippen molar-refractivity contribution < 1.29 is 13.2 Å². The molecule has 2 aromatic rings. The van der Waals surface area contributed by atoms with Crippen LogP contribution in [0.1, 0.15) is 26.2 Å². The smallest absolute Gasteiger partial charge is 0.199 e. The molecule has 1 fully saturated rings. The van der Waals surface area contributed by atoms with Crippen molar-refractivity contribution in [1.82, 2.24) is 19.2 Å². The van der Waals surface area contributed by atoms with E-state index in [1.807, 2.05) is 35.9 Å². The van der Waals surface area contributed by atoms with E-state index in [9.17, 15) is 8.42 Å². The fourth-order valence-corrected chi connectivity index (χ4v) is 5.51. The quantitative estimate of drug-likeness (QED) is 0.607. The van der Waals surface area contributed by atoms with Gasteiger partial charge >= 0.3 is 0 Å². The third-order valence-electron chi connectivity index (χ3n) is 5.21. The topological polar surface area (TPSA) is 69.4 Å². The van der Waals surface area contributed by atoms with E-state index in [-0.39, 0.29) is 17.5 Å². The molecule has 1 saturated heterocycles. The molecule has 1 atom stereocenters. The molecule has 0 radical (unpaired) electrons. The molecule has 2 heterocycles. The Hall–Kier alpha value is -1.71. The summed E-state index contributed by atoms with van der Waals surface area (Å²) < 4.78 is 33.5. The first-order valence-electron chi connectivity index (χ1n) is 9.57. The molecular weight excluding hydrogens is 396 g/mol. The van der Waals surface area contributed by atoms with Crippen LogP contribution in [-0.2, 0) is 23.6 Å². The Morgan fingerprint density at radius 2 is 2.18 bits per heavy atom. The van der Waals surface area contributed by atoms with Crippen molar-refractivity contribution in [3.05, 3.63) is 29.0 Å². The molecule has 0 saturated carbocycles. The third kappa shape index (κ3) is 4.64. The van der Waals surface area contributed by atoms with Gasteiger partial charge in [0.15, 0.2) is 20.4 Å². The molecule has 3 rings (SSSR count). The van der Waals surface area contributed by atoms with Crippen LogP contribution in [-0.4, -0.2) is 58.9 Å². The minimum Gasteiger partial charge on any atom is -0.497 e. The maximum absolute atomic E-state index is 12.0. The summed E-state index contributed by atoms with van der Waals surface area (Å²) in [5.41, 5.74) is 0.926. The second-order valence-corrected chi connectivity index (χ2v) is 9.85. The van der Waals surface area contributed by atoms with Crippen molar-refractivity contribution in [2.24, 2.45) is 7.05 Å². The van der Waals surface area contributed by atoms with E-state index < -0.39 is 9.84 Å². The molecule has 1 unspecified atom stereocenters. The van der Waals surface area contributed by atoms with Gasteiger partial charge in [0, 0.05) is 25.2 Å². The first-order valence-corrected chi connectivity index (χ1v) is 11.8. The predicted molar refractivity (Wildman–Crippen MR) is 113 cm³/mol. The van der Waals surface area contributed by atoms with Gasteiger partial charge in [0.25, 0.3) is 0 Å². The minimum absolute atomic E-state index is 0.0284. The molecule has 7 nitrogen and oxygen atoms in total. The maximum atomic E-state index is 12.0. The highest BCUT2D eigenvalue weighted by Crippen LogP contribution is 2.23. The number of aromatic nitrogens is 3. The molecule has 1 aliphatic rings. The number of methoxy groups -OCH3 is 1. The van der Waals surface area contributed by atoms with Crippen LogP contribution in [0.2, 0.25) is 0 Å². The Balaban J connectivity index is 1.88. The van der Waals surface area contributed by atoms with E-state index in [0.29, 0.717) is 17.9 Å². The first-order chi connectivity index (χ1) is 13.3. The lowest BCUT2D eigenvalue weighted by Gasteiger charge is -2.27. The molecule has 1 aromatic heterocycles. The van der Waals surface area contributed by atoms with Gasteiger partial charge in [-0.05, 0) is 37.2 Å². The van der Waals surface area contributed by atoms with E-state index in [4.69, 9.17) is 22.1 Å². The number of rotatable bonds is 8. The minimum atomic E-state index is -2.94. The molecule has 1 aliphatic heterocycles. The van der Waals surface area contributed by atoms with Crippen LogP contribution in [0, 0.1) is 4.77 Å². The van der Waals surface area contributed by atoms with Crippen LogP contribution in [0.15, 0.2) is 24.3 Å². The number of unbranched alkanes of at least 4 members (excludes halogenated alkanes) is 1. The van der Waals surface area contributed by atoms with Gasteiger partial charge in [0.1, 0.15) is 5.75 Å². The zero-order valence-electron chi connectivity index (χ0n) is 16.7. The maximum Gasteiger partial charge on any atom is 0.199 e. The lowest BCUT2D eigenvalue weighted by molar-refractivity contribution is 0.152. The van der Waals surface area contributed by atoms with E-state index >= 15 is 0 Å². The second-order valence-electron chi connectivity index (χ2n) is 7.26. The molecule has 1 aromatic carbocycles. The number of ether oxygens (including phenoxy) is 1. The van der Waals surface area contributed by atoms with Gasteiger partial charge in [0.05, 0.1) is 25.3 Å². The van der Waals surface area contributed by atoms with Crippen LogP contribution in [0.3, 0.4) is 0 Å². The summed E-state index contributed by atoms with van der Waals surface area (Å²) >= 11 is 5.61. The fraction of sp³-hybridized carbons (Fsp3) is 0.579. The average Bonchev–Trinajstić information content (AvgIpc) is 3.18. The summed E-state index contributed by atoms with van der Waals surface area (Å²) in [4.78, 5) is 2.21. The zero-order chi connectivity index (χ0) is 20.3. The van der Waals surface area contributed by atoms with Crippen molar-refractivity contribution in [2.75, 3.05) is 25.2 Å². The average molecular weight is 425 g/mol. The predicted octanol–water partition coefficient (Wildman–Crippen LogP) is 2.87.